The lowest BCUT2D eigenvalue weighted by atomic mass is 9.95. The van der Waals surface area contributed by atoms with E-state index >= 15 is 0 Å². The summed E-state index contributed by atoms with van der Waals surface area (Å²) >= 11 is 0. The van der Waals surface area contributed by atoms with Gasteiger partial charge in [0.15, 0.2) is 6.20 Å². The molecule has 0 saturated heterocycles. The fourth-order valence-corrected chi connectivity index (χ4v) is 4.24. The number of fused-ring (bicyclic) bond motifs is 3. The van der Waals surface area contributed by atoms with Gasteiger partial charge < -0.3 is 4.42 Å². The maximum atomic E-state index is 6.64. The van der Waals surface area contributed by atoms with Crippen molar-refractivity contribution in [3.8, 4) is 22.4 Å². The molecule has 0 spiro atoms. The molecule has 0 fully saturated rings. The number of nitrogens with zero attached hydrogens (tertiary/aromatic N) is 1. The average molecular weight is 378 g/mol. The number of hydrogen-bond donors (Lipinski definition) is 0. The minimum absolute atomic E-state index is 0.954. The number of furan rings is 1. The first-order valence-corrected chi connectivity index (χ1v) is 10.0. The molecule has 2 aromatic heterocycles. The van der Waals surface area contributed by atoms with Crippen LogP contribution in [0.5, 0.6) is 0 Å². The lowest BCUT2D eigenvalue weighted by molar-refractivity contribution is -0.660. The van der Waals surface area contributed by atoms with Gasteiger partial charge in [-0.3, -0.25) is 0 Å². The monoisotopic (exact) mass is 378 g/mol. The lowest BCUT2D eigenvalue weighted by Crippen LogP contribution is -2.30. The third kappa shape index (κ3) is 2.75. The molecule has 0 aliphatic carbocycles. The van der Waals surface area contributed by atoms with Crippen molar-refractivity contribution in [2.24, 2.45) is 7.05 Å². The van der Waals surface area contributed by atoms with Crippen LogP contribution in [0.4, 0.5) is 0 Å². The van der Waals surface area contributed by atoms with Gasteiger partial charge in [0.2, 0.25) is 5.69 Å². The average Bonchev–Trinajstić information content (AvgIpc) is 3.10. The van der Waals surface area contributed by atoms with Gasteiger partial charge in [0.25, 0.3) is 0 Å². The molecule has 0 aliphatic rings. The van der Waals surface area contributed by atoms with E-state index in [4.69, 9.17) is 4.42 Å². The number of para-hydroxylation sites is 1. The summed E-state index contributed by atoms with van der Waals surface area (Å²) in [6, 6.07) is 23.6. The molecule has 142 valence electrons. The van der Waals surface area contributed by atoms with Gasteiger partial charge in [-0.05, 0) is 49.1 Å². The third-order valence-electron chi connectivity index (χ3n) is 5.95. The molecule has 0 atom stereocenters. The molecule has 2 nitrogen and oxygen atoms in total. The predicted molar refractivity (Wildman–Crippen MR) is 120 cm³/mol. The Bertz CT molecular complexity index is 1380. The minimum Gasteiger partial charge on any atom is -0.454 e. The van der Waals surface area contributed by atoms with E-state index in [1.807, 2.05) is 6.07 Å². The van der Waals surface area contributed by atoms with Crippen molar-refractivity contribution >= 4 is 21.9 Å². The van der Waals surface area contributed by atoms with Crippen LogP contribution < -0.4 is 4.57 Å². The highest BCUT2D eigenvalue weighted by Gasteiger charge is 2.23. The minimum atomic E-state index is 0.954. The number of aromatic nitrogens is 1. The van der Waals surface area contributed by atoms with E-state index in [0.29, 0.717) is 0 Å². The number of pyridine rings is 1. The van der Waals surface area contributed by atoms with E-state index in [-0.39, 0.29) is 0 Å². The Hall–Kier alpha value is -3.39. The summed E-state index contributed by atoms with van der Waals surface area (Å²) in [4.78, 5) is 0. The molecule has 0 bridgehead atoms. The standard InChI is InChI=1S/C27H24NO/c1-17-13-14-28(4)24(15-17)25-19(3)18(2)16-23-22-12-8-11-21(26(22)29-27(23)25)20-9-6-5-7-10-20/h5-16H,1-4H3/q+1. The van der Waals surface area contributed by atoms with Crippen LogP contribution in [-0.2, 0) is 7.05 Å². The third-order valence-corrected chi connectivity index (χ3v) is 5.95. The quantitative estimate of drug-likeness (QED) is 0.314. The topological polar surface area (TPSA) is 17.0 Å². The van der Waals surface area contributed by atoms with Crippen molar-refractivity contribution in [1.29, 1.82) is 0 Å². The SMILES string of the molecule is Cc1cc[n+](C)c(-c2c(C)c(C)cc3c2oc2c(-c4ccccc4)cccc23)c1. The molecular weight excluding hydrogens is 354 g/mol. The van der Waals surface area contributed by atoms with Gasteiger partial charge in [-0.2, -0.15) is 0 Å². The second-order valence-corrected chi connectivity index (χ2v) is 7.92. The van der Waals surface area contributed by atoms with Gasteiger partial charge in [-0.15, -0.1) is 0 Å². The smallest absolute Gasteiger partial charge is 0.216 e. The van der Waals surface area contributed by atoms with Gasteiger partial charge in [-0.1, -0.05) is 48.5 Å². The second kappa shape index (κ2) is 6.59. The molecule has 0 aliphatic heterocycles. The molecule has 2 heteroatoms. The van der Waals surface area contributed by atoms with E-state index < -0.39 is 0 Å². The Morgan fingerprint density at radius 3 is 2.34 bits per heavy atom. The van der Waals surface area contributed by atoms with E-state index in [1.54, 1.807) is 0 Å². The van der Waals surface area contributed by atoms with Gasteiger partial charge in [-0.25, -0.2) is 4.57 Å². The van der Waals surface area contributed by atoms with Crippen LogP contribution >= 0.6 is 0 Å². The summed E-state index contributed by atoms with van der Waals surface area (Å²) in [5.41, 5.74) is 10.4. The molecule has 0 saturated carbocycles. The Morgan fingerprint density at radius 2 is 1.55 bits per heavy atom. The van der Waals surface area contributed by atoms with Crippen LogP contribution in [0.3, 0.4) is 0 Å². The zero-order valence-electron chi connectivity index (χ0n) is 17.3. The van der Waals surface area contributed by atoms with Crippen molar-refractivity contribution in [2.75, 3.05) is 0 Å². The Balaban J connectivity index is 1.92. The molecule has 0 N–H and O–H groups in total. The van der Waals surface area contributed by atoms with Gasteiger partial charge in [0.1, 0.15) is 18.2 Å². The molecule has 29 heavy (non-hydrogen) atoms. The number of hydrogen-bond acceptors (Lipinski definition) is 1. The van der Waals surface area contributed by atoms with Crippen LogP contribution in [-0.4, -0.2) is 0 Å². The molecule has 5 rings (SSSR count). The first-order valence-electron chi connectivity index (χ1n) is 10.0. The summed E-state index contributed by atoms with van der Waals surface area (Å²) in [6.07, 6.45) is 2.12. The number of benzene rings is 3. The zero-order valence-corrected chi connectivity index (χ0v) is 17.3. The van der Waals surface area contributed by atoms with Gasteiger partial charge >= 0.3 is 0 Å². The number of rotatable bonds is 2. The van der Waals surface area contributed by atoms with E-state index in [0.717, 1.165) is 16.7 Å². The predicted octanol–water partition coefficient (Wildman–Crippen LogP) is 6.67. The van der Waals surface area contributed by atoms with Crippen molar-refractivity contribution in [1.82, 2.24) is 0 Å². The maximum Gasteiger partial charge on any atom is 0.216 e. The first-order chi connectivity index (χ1) is 14.0. The van der Waals surface area contributed by atoms with Crippen LogP contribution in [0.2, 0.25) is 0 Å². The molecular formula is C27H24NO+. The fraction of sp³-hybridized carbons (Fsp3) is 0.148. The highest BCUT2D eigenvalue weighted by molar-refractivity contribution is 6.13. The van der Waals surface area contributed by atoms with Crippen LogP contribution in [0, 0.1) is 20.8 Å². The van der Waals surface area contributed by atoms with E-state index in [2.05, 4.69) is 99.2 Å². The highest BCUT2D eigenvalue weighted by Crippen LogP contribution is 2.41. The van der Waals surface area contributed by atoms with Crippen LogP contribution in [0.25, 0.3) is 44.3 Å². The normalized spacial score (nSPS) is 11.4. The largest absolute Gasteiger partial charge is 0.454 e. The summed E-state index contributed by atoms with van der Waals surface area (Å²) in [7, 11) is 2.10. The Kier molecular flexibility index (Phi) is 4.02. The van der Waals surface area contributed by atoms with Gasteiger partial charge in [0.05, 0.1) is 5.56 Å². The summed E-state index contributed by atoms with van der Waals surface area (Å²) in [5.74, 6) is 0. The van der Waals surface area contributed by atoms with E-state index in [9.17, 15) is 0 Å². The molecule has 0 unspecified atom stereocenters. The van der Waals surface area contributed by atoms with Crippen molar-refractivity contribution in [3.05, 3.63) is 89.6 Å². The van der Waals surface area contributed by atoms with Gasteiger partial charge in [0, 0.05) is 28.5 Å². The van der Waals surface area contributed by atoms with E-state index in [1.165, 1.54) is 44.3 Å². The zero-order chi connectivity index (χ0) is 20.1. The van der Waals surface area contributed by atoms with Crippen molar-refractivity contribution < 1.29 is 8.98 Å². The molecule has 5 aromatic rings. The Labute approximate surface area is 171 Å². The molecule has 0 amide bonds. The summed E-state index contributed by atoms with van der Waals surface area (Å²) < 4.78 is 8.82. The summed E-state index contributed by atoms with van der Waals surface area (Å²) in [5, 5.41) is 2.35. The van der Waals surface area contributed by atoms with Crippen molar-refractivity contribution in [3.63, 3.8) is 0 Å². The molecule has 2 heterocycles. The molecule has 3 aromatic carbocycles. The first kappa shape index (κ1) is 17.7. The molecule has 0 radical (unpaired) electrons. The second-order valence-electron chi connectivity index (χ2n) is 7.92. The number of aryl methyl sites for hydroxylation is 3. The highest BCUT2D eigenvalue weighted by atomic mass is 16.3. The lowest BCUT2D eigenvalue weighted by Gasteiger charge is -2.09. The summed E-state index contributed by atoms with van der Waals surface area (Å²) in [6.45, 7) is 6.52. The van der Waals surface area contributed by atoms with Crippen molar-refractivity contribution in [2.45, 2.75) is 20.8 Å². The fourth-order valence-electron chi connectivity index (χ4n) is 4.24. The maximum absolute atomic E-state index is 6.64. The van der Waals surface area contributed by atoms with Crippen LogP contribution in [0.15, 0.2) is 77.3 Å². The van der Waals surface area contributed by atoms with Crippen LogP contribution in [0.1, 0.15) is 16.7 Å². The Morgan fingerprint density at radius 1 is 0.759 bits per heavy atom.